The third kappa shape index (κ3) is 3.99. The fourth-order valence-electron chi connectivity index (χ4n) is 2.32. The van der Waals surface area contributed by atoms with Gasteiger partial charge in [-0.2, -0.15) is 0 Å². The van der Waals surface area contributed by atoms with Crippen LogP contribution in [0.25, 0.3) is 11.1 Å². The highest BCUT2D eigenvalue weighted by Crippen LogP contribution is 2.29. The first-order chi connectivity index (χ1) is 10.3. The van der Waals surface area contributed by atoms with E-state index in [-0.39, 0.29) is 0 Å². The molecule has 0 bridgehead atoms. The maximum Gasteiger partial charge on any atom is 0.119 e. The highest BCUT2D eigenvalue weighted by molar-refractivity contribution is 5.69. The van der Waals surface area contributed by atoms with Gasteiger partial charge in [0.1, 0.15) is 11.5 Å². The Bertz CT molecular complexity index is 581. The number of nitrogens with one attached hydrogen (secondary N) is 1. The van der Waals surface area contributed by atoms with Crippen molar-refractivity contribution in [2.45, 2.75) is 19.9 Å². The van der Waals surface area contributed by atoms with Crippen molar-refractivity contribution in [3.63, 3.8) is 0 Å². The number of benzene rings is 2. The summed E-state index contributed by atoms with van der Waals surface area (Å²) in [7, 11) is 3.39. The lowest BCUT2D eigenvalue weighted by Crippen LogP contribution is -2.14. The molecule has 2 aromatic rings. The van der Waals surface area contributed by atoms with E-state index < -0.39 is 0 Å². The van der Waals surface area contributed by atoms with Crippen molar-refractivity contribution >= 4 is 0 Å². The first kappa shape index (κ1) is 15.4. The van der Waals surface area contributed by atoms with Crippen LogP contribution in [0.5, 0.6) is 11.5 Å². The Kier molecular flexibility index (Phi) is 5.64. The largest absolute Gasteiger partial charge is 0.497 e. The van der Waals surface area contributed by atoms with E-state index in [0.29, 0.717) is 0 Å². The van der Waals surface area contributed by atoms with Gasteiger partial charge in [0, 0.05) is 6.54 Å². The van der Waals surface area contributed by atoms with Crippen molar-refractivity contribution in [1.82, 2.24) is 5.32 Å². The van der Waals surface area contributed by atoms with Crippen molar-refractivity contribution < 1.29 is 9.47 Å². The topological polar surface area (TPSA) is 30.5 Å². The molecule has 3 heteroatoms. The summed E-state index contributed by atoms with van der Waals surface area (Å²) >= 11 is 0. The van der Waals surface area contributed by atoms with Gasteiger partial charge in [0.25, 0.3) is 0 Å². The lowest BCUT2D eigenvalue weighted by molar-refractivity contribution is 0.414. The molecule has 0 saturated carbocycles. The summed E-state index contributed by atoms with van der Waals surface area (Å²) in [6, 6.07) is 14.3. The molecular weight excluding hydrogens is 262 g/mol. The first-order valence-corrected chi connectivity index (χ1v) is 7.30. The maximum absolute atomic E-state index is 5.34. The fourth-order valence-corrected chi connectivity index (χ4v) is 2.32. The molecule has 0 aliphatic carbocycles. The third-order valence-electron chi connectivity index (χ3n) is 3.44. The fraction of sp³-hybridized carbons (Fsp3) is 0.333. The Hall–Kier alpha value is -2.00. The van der Waals surface area contributed by atoms with Gasteiger partial charge in [-0.1, -0.05) is 25.1 Å². The predicted octanol–water partition coefficient (Wildman–Crippen LogP) is 3.87. The Morgan fingerprint density at radius 3 is 2.43 bits per heavy atom. The molecule has 0 amide bonds. The minimum Gasteiger partial charge on any atom is -0.497 e. The van der Waals surface area contributed by atoms with E-state index in [1.807, 2.05) is 18.2 Å². The monoisotopic (exact) mass is 285 g/mol. The SMILES string of the molecule is CCCNCc1cc(OC)ccc1-c1cccc(OC)c1. The molecule has 0 saturated heterocycles. The molecule has 21 heavy (non-hydrogen) atoms. The van der Waals surface area contributed by atoms with E-state index in [1.165, 1.54) is 11.1 Å². The third-order valence-corrected chi connectivity index (χ3v) is 3.44. The van der Waals surface area contributed by atoms with Crippen LogP contribution in [0.3, 0.4) is 0 Å². The second-order valence-electron chi connectivity index (χ2n) is 4.93. The van der Waals surface area contributed by atoms with E-state index in [1.54, 1.807) is 14.2 Å². The predicted molar refractivity (Wildman–Crippen MR) is 87.0 cm³/mol. The average molecular weight is 285 g/mol. The van der Waals surface area contributed by atoms with Gasteiger partial charge in [-0.05, 0) is 53.9 Å². The Morgan fingerprint density at radius 1 is 0.952 bits per heavy atom. The zero-order chi connectivity index (χ0) is 15.1. The lowest BCUT2D eigenvalue weighted by atomic mass is 9.99. The number of rotatable bonds is 7. The molecule has 0 spiro atoms. The molecule has 0 aliphatic rings. The van der Waals surface area contributed by atoms with E-state index in [0.717, 1.165) is 36.6 Å². The molecule has 0 radical (unpaired) electrons. The molecule has 0 aromatic heterocycles. The summed E-state index contributed by atoms with van der Waals surface area (Å²) in [6.07, 6.45) is 1.12. The van der Waals surface area contributed by atoms with E-state index in [4.69, 9.17) is 9.47 Å². The van der Waals surface area contributed by atoms with Crippen LogP contribution >= 0.6 is 0 Å². The number of methoxy groups -OCH3 is 2. The smallest absolute Gasteiger partial charge is 0.119 e. The van der Waals surface area contributed by atoms with Crippen LogP contribution in [-0.4, -0.2) is 20.8 Å². The minimum absolute atomic E-state index is 0.831. The molecular formula is C18H23NO2. The summed E-state index contributed by atoms with van der Waals surface area (Å²) in [4.78, 5) is 0. The second kappa shape index (κ2) is 7.70. The molecule has 2 aromatic carbocycles. The van der Waals surface area contributed by atoms with Crippen molar-refractivity contribution in [2.75, 3.05) is 20.8 Å². The van der Waals surface area contributed by atoms with Crippen molar-refractivity contribution in [3.05, 3.63) is 48.0 Å². The zero-order valence-electron chi connectivity index (χ0n) is 13.0. The van der Waals surface area contributed by atoms with Crippen LogP contribution in [0.1, 0.15) is 18.9 Å². The summed E-state index contributed by atoms with van der Waals surface area (Å²) < 4.78 is 10.7. The van der Waals surface area contributed by atoms with Gasteiger partial charge in [-0.3, -0.25) is 0 Å². The van der Waals surface area contributed by atoms with Gasteiger partial charge in [-0.25, -0.2) is 0 Å². The van der Waals surface area contributed by atoms with Crippen LogP contribution in [0.4, 0.5) is 0 Å². The Balaban J connectivity index is 2.35. The second-order valence-corrected chi connectivity index (χ2v) is 4.93. The lowest BCUT2D eigenvalue weighted by Gasteiger charge is -2.13. The maximum atomic E-state index is 5.34. The molecule has 0 aliphatic heterocycles. The van der Waals surface area contributed by atoms with Gasteiger partial charge in [0.05, 0.1) is 14.2 Å². The Morgan fingerprint density at radius 2 is 1.71 bits per heavy atom. The highest BCUT2D eigenvalue weighted by Gasteiger charge is 2.07. The van der Waals surface area contributed by atoms with Gasteiger partial charge in [0.2, 0.25) is 0 Å². The summed E-state index contributed by atoms with van der Waals surface area (Å²) in [6.45, 7) is 4.01. The van der Waals surface area contributed by atoms with Crippen LogP contribution in [-0.2, 0) is 6.54 Å². The molecule has 0 unspecified atom stereocenters. The summed E-state index contributed by atoms with van der Waals surface area (Å²) in [5.74, 6) is 1.76. The number of ether oxygens (including phenoxy) is 2. The number of hydrogen-bond donors (Lipinski definition) is 1. The van der Waals surface area contributed by atoms with Crippen molar-refractivity contribution in [1.29, 1.82) is 0 Å². The molecule has 0 atom stereocenters. The molecule has 2 rings (SSSR count). The molecule has 0 fully saturated rings. The normalized spacial score (nSPS) is 10.4. The van der Waals surface area contributed by atoms with Crippen molar-refractivity contribution in [2.24, 2.45) is 0 Å². The highest BCUT2D eigenvalue weighted by atomic mass is 16.5. The van der Waals surface area contributed by atoms with E-state index in [2.05, 4.69) is 36.5 Å². The van der Waals surface area contributed by atoms with Gasteiger partial charge in [0.15, 0.2) is 0 Å². The van der Waals surface area contributed by atoms with Crippen LogP contribution in [0, 0.1) is 0 Å². The minimum atomic E-state index is 0.831. The van der Waals surface area contributed by atoms with Crippen LogP contribution < -0.4 is 14.8 Å². The quantitative estimate of drug-likeness (QED) is 0.783. The van der Waals surface area contributed by atoms with Gasteiger partial charge in [-0.15, -0.1) is 0 Å². The average Bonchev–Trinajstić information content (AvgIpc) is 2.55. The summed E-state index contributed by atoms with van der Waals surface area (Å²) in [5.41, 5.74) is 3.60. The van der Waals surface area contributed by atoms with Crippen LogP contribution in [0.2, 0.25) is 0 Å². The standard InChI is InChI=1S/C18H23NO2/c1-4-10-19-13-15-12-17(21-3)8-9-18(15)14-6-5-7-16(11-14)20-2/h5-9,11-12,19H,4,10,13H2,1-3H3. The zero-order valence-corrected chi connectivity index (χ0v) is 13.0. The van der Waals surface area contributed by atoms with Crippen LogP contribution in [0.15, 0.2) is 42.5 Å². The molecule has 0 heterocycles. The van der Waals surface area contributed by atoms with E-state index in [9.17, 15) is 0 Å². The first-order valence-electron chi connectivity index (χ1n) is 7.30. The van der Waals surface area contributed by atoms with E-state index >= 15 is 0 Å². The summed E-state index contributed by atoms with van der Waals surface area (Å²) in [5, 5.41) is 3.45. The van der Waals surface area contributed by atoms with Gasteiger partial charge < -0.3 is 14.8 Å². The number of hydrogen-bond acceptors (Lipinski definition) is 3. The molecule has 112 valence electrons. The van der Waals surface area contributed by atoms with Gasteiger partial charge >= 0.3 is 0 Å². The molecule has 1 N–H and O–H groups in total. The Labute approximate surface area is 126 Å². The van der Waals surface area contributed by atoms with Crippen molar-refractivity contribution in [3.8, 4) is 22.6 Å². The molecule has 3 nitrogen and oxygen atoms in total.